The van der Waals surface area contributed by atoms with Gasteiger partial charge in [0, 0.05) is 13.1 Å². The van der Waals surface area contributed by atoms with Crippen LogP contribution >= 0.6 is 0 Å². The Balaban J connectivity index is -0.00000480. The fourth-order valence-electron chi connectivity index (χ4n) is 4.13. The van der Waals surface area contributed by atoms with Crippen LogP contribution in [-0.4, -0.2) is 49.2 Å². The van der Waals surface area contributed by atoms with Gasteiger partial charge in [-0.15, -0.1) is 0 Å². The molecule has 0 aliphatic heterocycles. The van der Waals surface area contributed by atoms with Gasteiger partial charge in [0.1, 0.15) is 0 Å². The van der Waals surface area contributed by atoms with Gasteiger partial charge >= 0.3 is 0 Å². The van der Waals surface area contributed by atoms with Gasteiger partial charge in [-0.25, -0.2) is 0 Å². The fourth-order valence-corrected chi connectivity index (χ4v) is 4.13. The second-order valence-corrected chi connectivity index (χ2v) is 9.08. The van der Waals surface area contributed by atoms with Gasteiger partial charge in [0.2, 0.25) is 0 Å². The number of halogens is 2. The lowest BCUT2D eigenvalue weighted by Gasteiger charge is -2.30. The van der Waals surface area contributed by atoms with Gasteiger partial charge in [-0.05, 0) is 34.1 Å². The summed E-state index contributed by atoms with van der Waals surface area (Å²) >= 11 is 0. The van der Waals surface area contributed by atoms with Crippen LogP contribution in [0.5, 0.6) is 0 Å². The average molecular weight is 499 g/mol. The molecule has 0 aliphatic rings. The van der Waals surface area contributed by atoms with E-state index in [4.69, 9.17) is 14.5 Å². The predicted octanol–water partition coefficient (Wildman–Crippen LogP) is 8.40. The minimum absolute atomic E-state index is 0. The lowest BCUT2D eigenvalue weighted by atomic mass is 10.0. The van der Waals surface area contributed by atoms with Crippen molar-refractivity contribution in [3.63, 3.8) is 0 Å². The molecule has 0 fully saturated rings. The third-order valence-corrected chi connectivity index (χ3v) is 5.91. The summed E-state index contributed by atoms with van der Waals surface area (Å²) in [5, 5.41) is 3.71. The first-order valence-corrected chi connectivity index (χ1v) is 14.1. The van der Waals surface area contributed by atoms with Gasteiger partial charge in [0.15, 0.2) is 0 Å². The highest BCUT2D eigenvalue weighted by molar-refractivity contribution is 4.60. The van der Waals surface area contributed by atoms with Gasteiger partial charge in [-0.1, -0.05) is 108 Å². The molecule has 1 atom stereocenters. The normalized spacial score (nSPS) is 12.1. The molecule has 0 aliphatic carbocycles. The number of nitrogens with zero attached hydrogens (tertiary/aromatic N) is 2. The average Bonchev–Trinajstić information content (AvgIpc) is 2.78. The molecule has 34 heavy (non-hydrogen) atoms. The lowest BCUT2D eigenvalue weighted by molar-refractivity contribution is -0.387. The van der Waals surface area contributed by atoms with Gasteiger partial charge in [-0.2, -0.15) is 5.06 Å². The highest BCUT2D eigenvalue weighted by atomic mass is 19.0. The van der Waals surface area contributed by atoms with E-state index in [0.717, 1.165) is 13.1 Å². The molecule has 0 spiro atoms. The third-order valence-electron chi connectivity index (χ3n) is 5.91. The van der Waals surface area contributed by atoms with E-state index in [1.165, 1.54) is 103 Å². The zero-order valence-corrected chi connectivity index (χ0v) is 23.4. The Labute approximate surface area is 210 Å². The van der Waals surface area contributed by atoms with E-state index in [1.54, 1.807) is 5.23 Å². The van der Waals surface area contributed by atoms with E-state index >= 15 is 0 Å². The Kier molecular flexibility index (Phi) is 34.5. The molecular formula is C27H60F2N2O3. The molecule has 210 valence electrons. The van der Waals surface area contributed by atoms with Crippen LogP contribution in [0, 0.1) is 0 Å². The second kappa shape index (κ2) is 30.7. The fraction of sp³-hybridized carbons (Fsp3) is 1.00. The summed E-state index contributed by atoms with van der Waals surface area (Å²) in [6, 6.07) is 0.127. The second-order valence-electron chi connectivity index (χ2n) is 9.08. The molecule has 0 heterocycles. The topological polar surface area (TPSA) is 34.2 Å². The maximum atomic E-state index is 5.84. The maximum absolute atomic E-state index is 5.84. The van der Waals surface area contributed by atoms with Crippen LogP contribution in [0.2, 0.25) is 0 Å². The van der Waals surface area contributed by atoms with Crippen LogP contribution in [0.3, 0.4) is 0 Å². The molecule has 5 nitrogen and oxygen atoms in total. The standard InChI is InChI=1S/C27H58N2O3.2FH/c1-6-10-11-12-13-14-15-16-17-18-19-20-21-22-23-24-25-28(30-7-2)26-27(5)29(31-8-3)32-9-4;;/h27H,6-26H2,1-5H3;2*1H. The van der Waals surface area contributed by atoms with Gasteiger partial charge in [0.05, 0.1) is 25.9 Å². The van der Waals surface area contributed by atoms with E-state index in [9.17, 15) is 0 Å². The van der Waals surface area contributed by atoms with Crippen LogP contribution in [0.15, 0.2) is 0 Å². The third kappa shape index (κ3) is 24.8. The zero-order chi connectivity index (χ0) is 23.7. The van der Waals surface area contributed by atoms with Crippen LogP contribution in [-0.2, 0) is 14.5 Å². The van der Waals surface area contributed by atoms with Crippen molar-refractivity contribution in [1.82, 2.24) is 10.3 Å². The summed E-state index contributed by atoms with van der Waals surface area (Å²) in [4.78, 5) is 17.0. The molecule has 0 rings (SSSR count). The predicted molar refractivity (Wildman–Crippen MR) is 142 cm³/mol. The van der Waals surface area contributed by atoms with Crippen molar-refractivity contribution in [2.45, 2.75) is 143 Å². The van der Waals surface area contributed by atoms with E-state index in [1.807, 2.05) is 20.8 Å². The van der Waals surface area contributed by atoms with Gasteiger partial charge in [-0.3, -0.25) is 23.9 Å². The molecule has 0 N–H and O–H groups in total. The lowest BCUT2D eigenvalue weighted by Crippen LogP contribution is -2.42. The van der Waals surface area contributed by atoms with Crippen molar-refractivity contribution in [2.24, 2.45) is 0 Å². The minimum Gasteiger partial charge on any atom is -0.299 e. The first kappa shape index (κ1) is 38.2. The van der Waals surface area contributed by atoms with E-state index < -0.39 is 0 Å². The van der Waals surface area contributed by atoms with Crippen LogP contribution < -0.4 is 0 Å². The first-order chi connectivity index (χ1) is 15.7. The Hall–Kier alpha value is -0.340. The van der Waals surface area contributed by atoms with Crippen molar-refractivity contribution in [3.8, 4) is 0 Å². The monoisotopic (exact) mass is 498 g/mol. The molecule has 0 radical (unpaired) electrons. The number of unbranched alkanes of at least 4 members (excludes halogenated alkanes) is 15. The zero-order valence-electron chi connectivity index (χ0n) is 23.4. The molecule has 0 saturated carbocycles. The number of hydroxylamine groups is 4. The highest BCUT2D eigenvalue weighted by Gasteiger charge is 2.19. The summed E-state index contributed by atoms with van der Waals surface area (Å²) in [5.41, 5.74) is 0. The molecular weight excluding hydrogens is 438 g/mol. The van der Waals surface area contributed by atoms with E-state index in [2.05, 4.69) is 18.9 Å². The molecule has 0 bridgehead atoms. The highest BCUT2D eigenvalue weighted by Crippen LogP contribution is 2.14. The molecule has 0 aromatic heterocycles. The van der Waals surface area contributed by atoms with Crippen molar-refractivity contribution < 1.29 is 23.9 Å². The van der Waals surface area contributed by atoms with E-state index in [0.29, 0.717) is 19.8 Å². The smallest absolute Gasteiger partial charge is 0.0750 e. The summed E-state index contributed by atoms with van der Waals surface area (Å²) in [6.07, 6.45) is 22.4. The van der Waals surface area contributed by atoms with Gasteiger partial charge < -0.3 is 0 Å². The SMILES string of the molecule is CCCCCCCCCCCCCCCCCCN(CC(C)N(OCC)OCC)OCC.F.F. The van der Waals surface area contributed by atoms with Crippen LogP contribution in [0.25, 0.3) is 0 Å². The summed E-state index contributed by atoms with van der Waals surface area (Å²) < 4.78 is 0. The van der Waals surface area contributed by atoms with Crippen molar-refractivity contribution in [2.75, 3.05) is 32.9 Å². The van der Waals surface area contributed by atoms with E-state index in [-0.39, 0.29) is 15.5 Å². The van der Waals surface area contributed by atoms with Crippen LogP contribution in [0.1, 0.15) is 137 Å². The Morgan fingerprint density at radius 3 is 1.21 bits per heavy atom. The summed E-state index contributed by atoms with van der Waals surface area (Å²) in [5.74, 6) is 0. The maximum Gasteiger partial charge on any atom is 0.0750 e. The summed E-state index contributed by atoms with van der Waals surface area (Å²) in [7, 11) is 0. The number of hydrogen-bond acceptors (Lipinski definition) is 5. The van der Waals surface area contributed by atoms with Crippen molar-refractivity contribution in [1.29, 1.82) is 0 Å². The molecule has 0 saturated heterocycles. The summed E-state index contributed by atoms with van der Waals surface area (Å²) in [6.45, 7) is 14.1. The van der Waals surface area contributed by atoms with Crippen LogP contribution in [0.4, 0.5) is 9.41 Å². The quantitative estimate of drug-likeness (QED) is 0.0883. The van der Waals surface area contributed by atoms with Gasteiger partial charge in [0.25, 0.3) is 0 Å². The van der Waals surface area contributed by atoms with Crippen molar-refractivity contribution in [3.05, 3.63) is 0 Å². The molecule has 0 aromatic carbocycles. The Morgan fingerprint density at radius 2 is 0.853 bits per heavy atom. The Morgan fingerprint density at radius 1 is 0.500 bits per heavy atom. The largest absolute Gasteiger partial charge is 0.299 e. The number of rotatable bonds is 26. The van der Waals surface area contributed by atoms with Crippen molar-refractivity contribution >= 4 is 0 Å². The molecule has 7 heteroatoms. The molecule has 0 aromatic rings. The molecule has 0 amide bonds. The molecule has 1 unspecified atom stereocenters. The Bertz CT molecular complexity index is 363. The first-order valence-electron chi connectivity index (χ1n) is 14.1. The minimum atomic E-state index is 0. The number of hydrogen-bond donors (Lipinski definition) is 0.